The first-order valence-electron chi connectivity index (χ1n) is 4.87. The molecule has 0 saturated carbocycles. The van der Waals surface area contributed by atoms with Crippen LogP contribution < -0.4 is 0 Å². The van der Waals surface area contributed by atoms with Crippen molar-refractivity contribution in [3.8, 4) is 0 Å². The summed E-state index contributed by atoms with van der Waals surface area (Å²) < 4.78 is 0. The molecule has 0 saturated heterocycles. The van der Waals surface area contributed by atoms with Gasteiger partial charge in [0, 0.05) is 4.91 Å². The predicted molar refractivity (Wildman–Crippen MR) is 65.1 cm³/mol. The van der Waals surface area contributed by atoms with Crippen LogP contribution >= 0.6 is 11.8 Å². The summed E-state index contributed by atoms with van der Waals surface area (Å²) in [5.74, 6) is 1.18. The van der Waals surface area contributed by atoms with Crippen molar-refractivity contribution < 1.29 is 0 Å². The van der Waals surface area contributed by atoms with Crippen molar-refractivity contribution in [3.05, 3.63) is 35.3 Å². The van der Waals surface area contributed by atoms with Crippen LogP contribution in [0.1, 0.15) is 33.6 Å². The van der Waals surface area contributed by atoms with Gasteiger partial charge in [-0.2, -0.15) is 0 Å². The fourth-order valence-corrected chi connectivity index (χ4v) is 1.46. The molecule has 1 heteroatoms. The maximum absolute atomic E-state index is 3.80. The van der Waals surface area contributed by atoms with Crippen molar-refractivity contribution in [2.24, 2.45) is 0 Å². The van der Waals surface area contributed by atoms with Crippen LogP contribution in [0.5, 0.6) is 0 Å². The van der Waals surface area contributed by atoms with E-state index in [4.69, 9.17) is 0 Å². The Morgan fingerprint density at radius 2 is 2.00 bits per heavy atom. The molecule has 0 aromatic heterocycles. The van der Waals surface area contributed by atoms with Gasteiger partial charge in [-0.15, -0.1) is 11.8 Å². The van der Waals surface area contributed by atoms with Gasteiger partial charge in [-0.3, -0.25) is 0 Å². The zero-order chi connectivity index (χ0) is 10.1. The van der Waals surface area contributed by atoms with Crippen molar-refractivity contribution in [1.82, 2.24) is 0 Å². The summed E-state index contributed by atoms with van der Waals surface area (Å²) >= 11 is 1.87. The molecule has 0 heterocycles. The van der Waals surface area contributed by atoms with Gasteiger partial charge in [0.1, 0.15) is 0 Å². The second-order valence-electron chi connectivity index (χ2n) is 2.99. The van der Waals surface area contributed by atoms with Crippen LogP contribution in [0.15, 0.2) is 35.3 Å². The lowest BCUT2D eigenvalue weighted by Crippen LogP contribution is -1.76. The van der Waals surface area contributed by atoms with E-state index < -0.39 is 0 Å². The van der Waals surface area contributed by atoms with Gasteiger partial charge in [0.15, 0.2) is 0 Å². The van der Waals surface area contributed by atoms with Crippen LogP contribution in [0.2, 0.25) is 0 Å². The Morgan fingerprint density at radius 1 is 1.31 bits per heavy atom. The first kappa shape index (κ1) is 12.6. The van der Waals surface area contributed by atoms with Crippen molar-refractivity contribution in [2.45, 2.75) is 33.6 Å². The molecule has 0 aliphatic carbocycles. The van der Waals surface area contributed by atoms with Crippen LogP contribution in [0.3, 0.4) is 0 Å². The SMILES string of the molecule is C=C/C(=C\C=C(/C)CC)SCCC. The molecule has 0 spiro atoms. The smallest absolute Gasteiger partial charge is 0.00660 e. The highest BCUT2D eigenvalue weighted by Gasteiger charge is 1.89. The van der Waals surface area contributed by atoms with Gasteiger partial charge in [-0.1, -0.05) is 38.2 Å². The largest absolute Gasteiger partial charge is 0.126 e. The molecule has 0 bridgehead atoms. The van der Waals surface area contributed by atoms with Crippen molar-refractivity contribution in [1.29, 1.82) is 0 Å². The Bertz CT molecular complexity index is 199. The summed E-state index contributed by atoms with van der Waals surface area (Å²) in [7, 11) is 0. The second kappa shape index (κ2) is 8.18. The summed E-state index contributed by atoms with van der Waals surface area (Å²) in [4.78, 5) is 1.27. The Balaban J connectivity index is 4.13. The summed E-state index contributed by atoms with van der Waals surface area (Å²) in [6.07, 6.45) is 8.61. The minimum absolute atomic E-state index is 1.12. The third-order valence-corrected chi connectivity index (χ3v) is 3.01. The molecule has 74 valence electrons. The molecule has 0 fully saturated rings. The molecule has 0 nitrogen and oxygen atoms in total. The average molecular weight is 196 g/mol. The van der Waals surface area contributed by atoms with E-state index in [9.17, 15) is 0 Å². The molecule has 0 N–H and O–H groups in total. The molecule has 0 unspecified atom stereocenters. The van der Waals surface area contributed by atoms with Crippen molar-refractivity contribution in [3.63, 3.8) is 0 Å². The van der Waals surface area contributed by atoms with Crippen LogP contribution in [-0.2, 0) is 0 Å². The highest BCUT2D eigenvalue weighted by atomic mass is 32.2. The minimum atomic E-state index is 1.12. The van der Waals surface area contributed by atoms with E-state index in [2.05, 4.69) is 39.5 Å². The number of allylic oxidation sites excluding steroid dienone is 4. The average Bonchev–Trinajstić information content (AvgIpc) is 2.17. The van der Waals surface area contributed by atoms with Crippen LogP contribution in [0.4, 0.5) is 0 Å². The standard InChI is InChI=1S/C12H20S/c1-5-10-13-12(7-3)9-8-11(4)6-2/h7-9H,3,5-6,10H2,1-2,4H3/b11-8+,12-9+. The Morgan fingerprint density at radius 3 is 2.46 bits per heavy atom. The van der Waals surface area contributed by atoms with E-state index in [1.54, 1.807) is 0 Å². The first-order valence-corrected chi connectivity index (χ1v) is 5.85. The summed E-state index contributed by atoms with van der Waals surface area (Å²) in [5, 5.41) is 0. The number of rotatable bonds is 6. The number of hydrogen-bond acceptors (Lipinski definition) is 1. The highest BCUT2D eigenvalue weighted by molar-refractivity contribution is 8.03. The molecule has 13 heavy (non-hydrogen) atoms. The molecule has 0 aliphatic rings. The molecule has 0 aromatic carbocycles. The van der Waals surface area contributed by atoms with E-state index in [1.807, 2.05) is 17.8 Å². The van der Waals surface area contributed by atoms with Gasteiger partial charge < -0.3 is 0 Å². The van der Waals surface area contributed by atoms with E-state index >= 15 is 0 Å². The second-order valence-corrected chi connectivity index (χ2v) is 4.16. The molecule has 0 atom stereocenters. The normalized spacial score (nSPS) is 13.2. The topological polar surface area (TPSA) is 0 Å². The third-order valence-electron chi connectivity index (χ3n) is 1.76. The van der Waals surface area contributed by atoms with Crippen LogP contribution in [-0.4, -0.2) is 5.75 Å². The zero-order valence-electron chi connectivity index (χ0n) is 8.97. The monoisotopic (exact) mass is 196 g/mol. The summed E-state index contributed by atoms with van der Waals surface area (Å²) in [6, 6.07) is 0. The van der Waals surface area contributed by atoms with E-state index in [0.29, 0.717) is 0 Å². The van der Waals surface area contributed by atoms with Gasteiger partial charge in [0.2, 0.25) is 0 Å². The van der Waals surface area contributed by atoms with E-state index in [0.717, 1.165) is 6.42 Å². The first-order chi connectivity index (χ1) is 6.24. The minimum Gasteiger partial charge on any atom is -0.126 e. The van der Waals surface area contributed by atoms with Crippen molar-refractivity contribution in [2.75, 3.05) is 5.75 Å². The van der Waals surface area contributed by atoms with Gasteiger partial charge in [0.25, 0.3) is 0 Å². The molecular formula is C12H20S. The van der Waals surface area contributed by atoms with Gasteiger partial charge in [0.05, 0.1) is 0 Å². The Kier molecular flexibility index (Phi) is 7.91. The number of thioether (sulfide) groups is 1. The zero-order valence-corrected chi connectivity index (χ0v) is 9.79. The number of hydrogen-bond donors (Lipinski definition) is 0. The van der Waals surface area contributed by atoms with Gasteiger partial charge in [-0.25, -0.2) is 0 Å². The molecular weight excluding hydrogens is 176 g/mol. The quantitative estimate of drug-likeness (QED) is 0.561. The lowest BCUT2D eigenvalue weighted by atomic mass is 10.2. The van der Waals surface area contributed by atoms with Crippen LogP contribution in [0, 0.1) is 0 Å². The lowest BCUT2D eigenvalue weighted by molar-refractivity contribution is 1.10. The van der Waals surface area contributed by atoms with E-state index in [-0.39, 0.29) is 0 Å². The fourth-order valence-electron chi connectivity index (χ4n) is 0.737. The maximum atomic E-state index is 3.80. The molecule has 0 aliphatic heterocycles. The Labute approximate surface area is 86.8 Å². The Hall–Kier alpha value is -0.430. The van der Waals surface area contributed by atoms with Gasteiger partial charge in [-0.05, 0) is 31.6 Å². The van der Waals surface area contributed by atoms with Crippen LogP contribution in [0.25, 0.3) is 0 Å². The lowest BCUT2D eigenvalue weighted by Gasteiger charge is -1.98. The molecule has 0 radical (unpaired) electrons. The summed E-state index contributed by atoms with van der Waals surface area (Å²) in [5.41, 5.74) is 1.41. The predicted octanol–water partition coefficient (Wildman–Crippen LogP) is 4.56. The van der Waals surface area contributed by atoms with Gasteiger partial charge >= 0.3 is 0 Å². The molecule has 0 rings (SSSR count). The molecule has 0 aromatic rings. The molecule has 0 amide bonds. The summed E-state index contributed by atoms with van der Waals surface area (Å²) in [6.45, 7) is 10.3. The highest BCUT2D eigenvalue weighted by Crippen LogP contribution is 2.17. The van der Waals surface area contributed by atoms with E-state index in [1.165, 1.54) is 22.7 Å². The third kappa shape index (κ3) is 6.71. The fraction of sp³-hybridized carbons (Fsp3) is 0.500. The maximum Gasteiger partial charge on any atom is 0.00660 e. The van der Waals surface area contributed by atoms with Crippen molar-refractivity contribution >= 4 is 11.8 Å².